The second-order valence-corrected chi connectivity index (χ2v) is 6.52. The van der Waals surface area contributed by atoms with Crippen molar-refractivity contribution in [2.24, 2.45) is 0 Å². The van der Waals surface area contributed by atoms with E-state index in [0.29, 0.717) is 17.9 Å². The summed E-state index contributed by atoms with van der Waals surface area (Å²) in [6.45, 7) is 8.18. The van der Waals surface area contributed by atoms with Gasteiger partial charge in [-0.2, -0.15) is 0 Å². The summed E-state index contributed by atoms with van der Waals surface area (Å²) in [5, 5.41) is 3.15. The maximum Gasteiger partial charge on any atom is 0.261 e. The Bertz CT molecular complexity index is 742. The molecule has 2 aromatic carbocycles. The molecule has 2 atom stereocenters. The quantitative estimate of drug-likeness (QED) is 0.744. The molecule has 0 aliphatic rings. The number of rotatable bonds is 8. The van der Waals surface area contributed by atoms with Crippen molar-refractivity contribution < 1.29 is 14.3 Å². The van der Waals surface area contributed by atoms with Gasteiger partial charge in [-0.15, -0.1) is 0 Å². The summed E-state index contributed by atoms with van der Waals surface area (Å²) in [4.78, 5) is 12.8. The van der Waals surface area contributed by atoms with Crippen LogP contribution in [0.5, 0.6) is 11.5 Å². The zero-order valence-electron chi connectivity index (χ0n) is 16.3. The van der Waals surface area contributed by atoms with Crippen LogP contribution in [0, 0.1) is 13.8 Å². The average molecular weight is 355 g/mol. The maximum absolute atomic E-state index is 12.8. The van der Waals surface area contributed by atoms with E-state index in [4.69, 9.17) is 9.47 Å². The fourth-order valence-corrected chi connectivity index (χ4v) is 3.04. The standard InChI is InChI=1S/C22H29NO3/c1-6-20(19-12-11-15(3)13-16(19)4)23-22(24)21(7-2)26-18-10-8-9-17(14-18)25-5/h8-14,20-21H,6-7H2,1-5H3,(H,23,24)/t20-,21-/m1/s1. The fourth-order valence-electron chi connectivity index (χ4n) is 3.04. The van der Waals surface area contributed by atoms with Gasteiger partial charge in [0.15, 0.2) is 6.10 Å². The Morgan fingerprint density at radius 3 is 2.38 bits per heavy atom. The van der Waals surface area contributed by atoms with E-state index >= 15 is 0 Å². The number of nitrogens with one attached hydrogen (secondary N) is 1. The first-order chi connectivity index (χ1) is 12.5. The van der Waals surface area contributed by atoms with Gasteiger partial charge in [-0.3, -0.25) is 4.79 Å². The highest BCUT2D eigenvalue weighted by molar-refractivity contribution is 5.81. The SMILES string of the molecule is CC[C@@H](Oc1cccc(OC)c1)C(=O)N[C@H](CC)c1ccc(C)cc1C. The van der Waals surface area contributed by atoms with Gasteiger partial charge >= 0.3 is 0 Å². The van der Waals surface area contributed by atoms with Crippen LogP contribution >= 0.6 is 0 Å². The molecule has 0 aromatic heterocycles. The summed E-state index contributed by atoms with van der Waals surface area (Å²) in [5.41, 5.74) is 3.57. The summed E-state index contributed by atoms with van der Waals surface area (Å²) >= 11 is 0. The molecular formula is C22H29NO3. The van der Waals surface area contributed by atoms with Crippen LogP contribution in [0.25, 0.3) is 0 Å². The van der Waals surface area contributed by atoms with Crippen LogP contribution in [0.3, 0.4) is 0 Å². The third-order valence-electron chi connectivity index (χ3n) is 4.51. The lowest BCUT2D eigenvalue weighted by Crippen LogP contribution is -2.40. The third kappa shape index (κ3) is 5.01. The number of amides is 1. The number of ether oxygens (including phenoxy) is 2. The molecule has 0 saturated heterocycles. The summed E-state index contributed by atoms with van der Waals surface area (Å²) in [7, 11) is 1.61. The minimum Gasteiger partial charge on any atom is -0.497 e. The largest absolute Gasteiger partial charge is 0.497 e. The van der Waals surface area contributed by atoms with Crippen LogP contribution in [0.2, 0.25) is 0 Å². The van der Waals surface area contributed by atoms with Gasteiger partial charge in [0.25, 0.3) is 5.91 Å². The van der Waals surface area contributed by atoms with E-state index < -0.39 is 6.10 Å². The molecule has 0 unspecified atom stereocenters. The summed E-state index contributed by atoms with van der Waals surface area (Å²) in [6, 6.07) is 13.6. The van der Waals surface area contributed by atoms with Crippen LogP contribution in [-0.2, 0) is 4.79 Å². The Labute approximate surface area is 156 Å². The molecule has 0 aliphatic carbocycles. The number of methoxy groups -OCH3 is 1. The van der Waals surface area contributed by atoms with E-state index in [2.05, 4.69) is 44.3 Å². The Morgan fingerprint density at radius 1 is 1.04 bits per heavy atom. The first kappa shape index (κ1) is 19.8. The second-order valence-electron chi connectivity index (χ2n) is 6.52. The van der Waals surface area contributed by atoms with Crippen molar-refractivity contribution >= 4 is 5.91 Å². The minimum absolute atomic E-state index is 0.0222. The summed E-state index contributed by atoms with van der Waals surface area (Å²) in [5.74, 6) is 1.24. The molecule has 2 rings (SSSR count). The molecule has 1 N–H and O–H groups in total. The molecule has 1 amide bonds. The number of hydrogen-bond donors (Lipinski definition) is 1. The molecular weight excluding hydrogens is 326 g/mol. The van der Waals surface area contributed by atoms with Gasteiger partial charge in [0.1, 0.15) is 11.5 Å². The van der Waals surface area contributed by atoms with Crippen LogP contribution in [-0.4, -0.2) is 19.1 Å². The average Bonchev–Trinajstić information content (AvgIpc) is 2.64. The monoisotopic (exact) mass is 355 g/mol. The number of carbonyl (C=O) groups is 1. The highest BCUT2D eigenvalue weighted by atomic mass is 16.5. The number of carbonyl (C=O) groups excluding carboxylic acids is 1. The van der Waals surface area contributed by atoms with Crippen molar-refractivity contribution in [2.45, 2.75) is 52.7 Å². The van der Waals surface area contributed by atoms with Gasteiger partial charge in [-0.1, -0.05) is 43.7 Å². The first-order valence-corrected chi connectivity index (χ1v) is 9.16. The number of benzene rings is 2. The van der Waals surface area contributed by atoms with Crippen molar-refractivity contribution in [3.63, 3.8) is 0 Å². The first-order valence-electron chi connectivity index (χ1n) is 9.16. The van der Waals surface area contributed by atoms with Crippen molar-refractivity contribution in [3.8, 4) is 11.5 Å². The van der Waals surface area contributed by atoms with Gasteiger partial charge in [0, 0.05) is 6.07 Å². The predicted octanol–water partition coefficient (Wildman–Crippen LogP) is 4.74. The van der Waals surface area contributed by atoms with Gasteiger partial charge in [0.05, 0.1) is 13.2 Å². The van der Waals surface area contributed by atoms with Gasteiger partial charge in [-0.25, -0.2) is 0 Å². The molecule has 4 heteroatoms. The third-order valence-corrected chi connectivity index (χ3v) is 4.51. The topological polar surface area (TPSA) is 47.6 Å². The van der Waals surface area contributed by atoms with Gasteiger partial charge in [0.2, 0.25) is 0 Å². The van der Waals surface area contributed by atoms with Crippen molar-refractivity contribution in [2.75, 3.05) is 7.11 Å². The molecule has 0 spiro atoms. The molecule has 26 heavy (non-hydrogen) atoms. The Hall–Kier alpha value is -2.49. The molecule has 2 aromatic rings. The molecule has 0 fully saturated rings. The smallest absolute Gasteiger partial charge is 0.261 e. The Morgan fingerprint density at radius 2 is 1.77 bits per heavy atom. The van der Waals surface area contributed by atoms with Crippen molar-refractivity contribution in [1.29, 1.82) is 0 Å². The zero-order chi connectivity index (χ0) is 19.1. The fraction of sp³-hybridized carbons (Fsp3) is 0.409. The molecule has 0 heterocycles. The van der Waals surface area contributed by atoms with E-state index in [0.717, 1.165) is 12.0 Å². The lowest BCUT2D eigenvalue weighted by atomic mass is 9.97. The van der Waals surface area contributed by atoms with Gasteiger partial charge in [-0.05, 0) is 49.9 Å². The molecule has 0 radical (unpaired) electrons. The highest BCUT2D eigenvalue weighted by Gasteiger charge is 2.22. The van der Waals surface area contributed by atoms with Crippen molar-refractivity contribution in [3.05, 3.63) is 59.2 Å². The van der Waals surface area contributed by atoms with Crippen LogP contribution in [0.1, 0.15) is 49.4 Å². The van der Waals surface area contributed by atoms with Crippen LogP contribution < -0.4 is 14.8 Å². The number of aryl methyl sites for hydroxylation is 2. The summed E-state index contributed by atoms with van der Waals surface area (Å²) < 4.78 is 11.1. The predicted molar refractivity (Wildman–Crippen MR) is 105 cm³/mol. The maximum atomic E-state index is 12.8. The van der Waals surface area contributed by atoms with Crippen molar-refractivity contribution in [1.82, 2.24) is 5.32 Å². The molecule has 0 bridgehead atoms. The van der Waals surface area contributed by atoms with E-state index in [9.17, 15) is 4.79 Å². The van der Waals surface area contributed by atoms with Gasteiger partial charge < -0.3 is 14.8 Å². The zero-order valence-corrected chi connectivity index (χ0v) is 16.3. The minimum atomic E-state index is -0.540. The molecule has 4 nitrogen and oxygen atoms in total. The number of hydrogen-bond acceptors (Lipinski definition) is 3. The highest BCUT2D eigenvalue weighted by Crippen LogP contribution is 2.24. The van der Waals surface area contributed by atoms with E-state index in [-0.39, 0.29) is 11.9 Å². The molecule has 140 valence electrons. The second kappa shape index (κ2) is 9.27. The van der Waals surface area contributed by atoms with Crippen LogP contribution in [0.4, 0.5) is 0 Å². The molecule has 0 aliphatic heterocycles. The lowest BCUT2D eigenvalue weighted by Gasteiger charge is -2.24. The Balaban J connectivity index is 2.11. The lowest BCUT2D eigenvalue weighted by molar-refractivity contribution is -0.129. The van der Waals surface area contributed by atoms with Crippen LogP contribution in [0.15, 0.2) is 42.5 Å². The van der Waals surface area contributed by atoms with E-state index in [1.54, 1.807) is 13.2 Å². The van der Waals surface area contributed by atoms with E-state index in [1.165, 1.54) is 11.1 Å². The molecule has 0 saturated carbocycles. The van der Waals surface area contributed by atoms with E-state index in [1.807, 2.05) is 25.1 Å². The normalized spacial score (nSPS) is 13.0. The summed E-state index contributed by atoms with van der Waals surface area (Å²) in [6.07, 6.45) is 0.874. The Kier molecular flexibility index (Phi) is 7.07.